The summed E-state index contributed by atoms with van der Waals surface area (Å²) in [5.41, 5.74) is -2.12. The molecule has 2 heterocycles. The van der Waals surface area contributed by atoms with Crippen molar-refractivity contribution < 1.29 is 18.3 Å². The van der Waals surface area contributed by atoms with E-state index in [2.05, 4.69) is 20.4 Å². The molecule has 0 saturated carbocycles. The summed E-state index contributed by atoms with van der Waals surface area (Å²) in [5.74, 6) is 0.362. The van der Waals surface area contributed by atoms with Crippen LogP contribution in [-0.4, -0.2) is 48.8 Å². The molecule has 0 aliphatic carbocycles. The molecule has 0 radical (unpaired) electrons. The largest absolute Gasteiger partial charge is 0.433 e. The van der Waals surface area contributed by atoms with Crippen LogP contribution in [0.5, 0.6) is 0 Å². The summed E-state index contributed by atoms with van der Waals surface area (Å²) in [4.78, 5) is 7.07. The summed E-state index contributed by atoms with van der Waals surface area (Å²) in [6.45, 7) is 1.67. The molecule has 2 aromatic rings. The number of hydrogen-bond acceptors (Lipinski definition) is 6. The summed E-state index contributed by atoms with van der Waals surface area (Å²) in [5, 5.41) is 16.6. The molecule has 0 spiro atoms. The quantitative estimate of drug-likeness (QED) is 0.872. The molecule has 0 aromatic carbocycles. The maximum atomic E-state index is 12.8. The predicted molar refractivity (Wildman–Crippen MR) is 73.3 cm³/mol. The standard InChI is InChI=1S/C11H14F3N5OS/c1-10(20,5-21-2)4-15-8-3-7(11(12,13)14)18-9-16-6-17-19(8)9/h3,6,15,20H,4-5H2,1-2H3. The van der Waals surface area contributed by atoms with Gasteiger partial charge in [-0.15, -0.1) is 0 Å². The number of nitrogens with zero attached hydrogens (tertiary/aromatic N) is 4. The molecule has 2 N–H and O–H groups in total. The van der Waals surface area contributed by atoms with Crippen LogP contribution >= 0.6 is 11.8 Å². The van der Waals surface area contributed by atoms with Crippen molar-refractivity contribution in [3.05, 3.63) is 18.1 Å². The topological polar surface area (TPSA) is 75.3 Å². The maximum absolute atomic E-state index is 12.8. The Morgan fingerprint density at radius 1 is 1.43 bits per heavy atom. The average molecular weight is 321 g/mol. The number of fused-ring (bicyclic) bond motifs is 1. The molecule has 21 heavy (non-hydrogen) atoms. The van der Waals surface area contributed by atoms with E-state index in [0.717, 1.165) is 16.9 Å². The predicted octanol–water partition coefficient (Wildman–Crippen LogP) is 1.67. The number of thioether (sulfide) groups is 1. The summed E-state index contributed by atoms with van der Waals surface area (Å²) in [6, 6.07) is 0.844. The Hall–Kier alpha value is -1.55. The molecule has 1 unspecified atom stereocenters. The first kappa shape index (κ1) is 15.8. The lowest BCUT2D eigenvalue weighted by molar-refractivity contribution is -0.141. The zero-order valence-corrected chi connectivity index (χ0v) is 12.2. The van der Waals surface area contributed by atoms with Gasteiger partial charge in [-0.2, -0.15) is 39.5 Å². The number of halogens is 3. The van der Waals surface area contributed by atoms with E-state index < -0.39 is 17.5 Å². The second kappa shape index (κ2) is 5.68. The van der Waals surface area contributed by atoms with E-state index in [9.17, 15) is 18.3 Å². The summed E-state index contributed by atoms with van der Waals surface area (Å²) in [6.07, 6.45) is -1.63. The zero-order valence-electron chi connectivity index (χ0n) is 11.3. The first-order valence-corrected chi connectivity index (χ1v) is 7.35. The van der Waals surface area contributed by atoms with E-state index in [4.69, 9.17) is 0 Å². The molecule has 2 rings (SSSR count). The summed E-state index contributed by atoms with van der Waals surface area (Å²) >= 11 is 1.44. The molecule has 0 bridgehead atoms. The minimum Gasteiger partial charge on any atom is -0.387 e. The number of rotatable bonds is 5. The number of aliphatic hydroxyl groups is 1. The van der Waals surface area contributed by atoms with Crippen molar-refractivity contribution in [2.45, 2.75) is 18.7 Å². The van der Waals surface area contributed by atoms with Gasteiger partial charge in [0.15, 0.2) is 5.69 Å². The summed E-state index contributed by atoms with van der Waals surface area (Å²) in [7, 11) is 0. The van der Waals surface area contributed by atoms with Gasteiger partial charge in [-0.3, -0.25) is 0 Å². The lowest BCUT2D eigenvalue weighted by atomic mass is 10.1. The third kappa shape index (κ3) is 3.76. The van der Waals surface area contributed by atoms with Crippen molar-refractivity contribution in [1.82, 2.24) is 19.6 Å². The first-order valence-electron chi connectivity index (χ1n) is 5.96. The average Bonchev–Trinajstić information content (AvgIpc) is 2.82. The van der Waals surface area contributed by atoms with E-state index in [1.165, 1.54) is 11.8 Å². The molecule has 0 fully saturated rings. The van der Waals surface area contributed by atoms with E-state index >= 15 is 0 Å². The highest BCUT2D eigenvalue weighted by atomic mass is 32.2. The van der Waals surface area contributed by atoms with Gasteiger partial charge in [-0.05, 0) is 13.2 Å². The Kier molecular flexibility index (Phi) is 4.28. The molecule has 10 heteroatoms. The van der Waals surface area contributed by atoms with Crippen LogP contribution in [0.1, 0.15) is 12.6 Å². The highest BCUT2D eigenvalue weighted by molar-refractivity contribution is 7.98. The van der Waals surface area contributed by atoms with Crippen molar-refractivity contribution in [3.63, 3.8) is 0 Å². The Morgan fingerprint density at radius 2 is 2.14 bits per heavy atom. The second-order valence-corrected chi connectivity index (χ2v) is 5.65. The van der Waals surface area contributed by atoms with Crippen LogP contribution in [0.15, 0.2) is 12.4 Å². The van der Waals surface area contributed by atoms with Crippen LogP contribution in [-0.2, 0) is 6.18 Å². The second-order valence-electron chi connectivity index (χ2n) is 4.78. The van der Waals surface area contributed by atoms with Gasteiger partial charge >= 0.3 is 6.18 Å². The van der Waals surface area contributed by atoms with Gasteiger partial charge in [0.25, 0.3) is 5.78 Å². The number of aromatic nitrogens is 4. The third-order valence-electron chi connectivity index (χ3n) is 2.65. The Balaban J connectivity index is 2.32. The van der Waals surface area contributed by atoms with E-state index in [-0.39, 0.29) is 18.1 Å². The Labute approximate surface area is 122 Å². The van der Waals surface area contributed by atoms with Gasteiger partial charge in [-0.25, -0.2) is 4.98 Å². The van der Waals surface area contributed by atoms with Gasteiger partial charge in [0, 0.05) is 18.4 Å². The van der Waals surface area contributed by atoms with Crippen molar-refractivity contribution in [1.29, 1.82) is 0 Å². The van der Waals surface area contributed by atoms with Crippen LogP contribution in [0.3, 0.4) is 0 Å². The van der Waals surface area contributed by atoms with Crippen molar-refractivity contribution in [2.75, 3.05) is 23.9 Å². The van der Waals surface area contributed by atoms with E-state index in [1.807, 2.05) is 6.26 Å². The highest BCUT2D eigenvalue weighted by Gasteiger charge is 2.34. The van der Waals surface area contributed by atoms with Gasteiger partial charge < -0.3 is 10.4 Å². The van der Waals surface area contributed by atoms with Gasteiger partial charge in [0.05, 0.1) is 5.60 Å². The van der Waals surface area contributed by atoms with Gasteiger partial charge in [0.1, 0.15) is 12.1 Å². The molecular formula is C11H14F3N5OS. The first-order chi connectivity index (χ1) is 9.73. The van der Waals surface area contributed by atoms with Crippen LogP contribution in [0.25, 0.3) is 5.78 Å². The molecule has 116 valence electrons. The molecule has 0 aliphatic heterocycles. The van der Waals surface area contributed by atoms with Crippen molar-refractivity contribution in [2.24, 2.45) is 0 Å². The molecule has 2 aromatic heterocycles. The maximum Gasteiger partial charge on any atom is 0.433 e. The fraction of sp³-hybridized carbons (Fsp3) is 0.545. The van der Waals surface area contributed by atoms with Crippen LogP contribution in [0.2, 0.25) is 0 Å². The summed E-state index contributed by atoms with van der Waals surface area (Å²) < 4.78 is 39.5. The zero-order chi connectivity index (χ0) is 15.7. The lowest BCUT2D eigenvalue weighted by Crippen LogP contribution is -2.36. The van der Waals surface area contributed by atoms with Crippen molar-refractivity contribution >= 4 is 23.4 Å². The number of anilines is 1. The number of nitrogens with one attached hydrogen (secondary N) is 1. The highest BCUT2D eigenvalue weighted by Crippen LogP contribution is 2.29. The Bertz CT molecular complexity index is 628. The molecular weight excluding hydrogens is 307 g/mol. The number of alkyl halides is 3. The fourth-order valence-electron chi connectivity index (χ4n) is 1.73. The monoisotopic (exact) mass is 321 g/mol. The smallest absolute Gasteiger partial charge is 0.387 e. The molecule has 0 amide bonds. The third-order valence-corrected chi connectivity index (χ3v) is 3.56. The SMILES string of the molecule is CSCC(C)(O)CNc1cc(C(F)(F)F)nc2ncnn12. The lowest BCUT2D eigenvalue weighted by Gasteiger charge is -2.23. The van der Waals surface area contributed by atoms with Crippen LogP contribution in [0, 0.1) is 0 Å². The fourth-order valence-corrected chi connectivity index (χ4v) is 2.45. The van der Waals surface area contributed by atoms with Gasteiger partial charge in [0.2, 0.25) is 0 Å². The van der Waals surface area contributed by atoms with E-state index in [1.54, 1.807) is 6.92 Å². The normalized spacial score (nSPS) is 15.1. The Morgan fingerprint density at radius 3 is 2.76 bits per heavy atom. The number of hydrogen-bond donors (Lipinski definition) is 2. The van der Waals surface area contributed by atoms with Gasteiger partial charge in [-0.1, -0.05) is 0 Å². The molecule has 0 saturated heterocycles. The van der Waals surface area contributed by atoms with E-state index in [0.29, 0.717) is 5.75 Å². The molecule has 1 atom stereocenters. The minimum atomic E-state index is -4.58. The van der Waals surface area contributed by atoms with Crippen LogP contribution in [0.4, 0.5) is 19.0 Å². The minimum absolute atomic E-state index is 0.0735. The van der Waals surface area contributed by atoms with Crippen LogP contribution < -0.4 is 5.32 Å². The van der Waals surface area contributed by atoms with Crippen molar-refractivity contribution in [3.8, 4) is 0 Å². The molecule has 0 aliphatic rings. The molecule has 6 nitrogen and oxygen atoms in total.